The van der Waals surface area contributed by atoms with Crippen molar-refractivity contribution in [2.45, 2.75) is 32.2 Å². The van der Waals surface area contributed by atoms with Crippen LogP contribution in [0, 0.1) is 11.6 Å². The molecule has 0 aliphatic carbocycles. The minimum atomic E-state index is -1.17. The van der Waals surface area contributed by atoms with Crippen LogP contribution in [0.3, 0.4) is 0 Å². The Hall–Kier alpha value is -4.07. The number of benzene rings is 2. The highest BCUT2D eigenvalue weighted by Gasteiger charge is 2.47. The highest BCUT2D eigenvalue weighted by atomic mass is 19.2. The first-order valence-corrected chi connectivity index (χ1v) is 10.9. The first kappa shape index (κ1) is 24.1. The van der Waals surface area contributed by atoms with E-state index in [0.717, 1.165) is 22.6 Å². The number of halogens is 2. The lowest BCUT2D eigenvalue weighted by atomic mass is 9.84. The van der Waals surface area contributed by atoms with Gasteiger partial charge in [-0.05, 0) is 47.9 Å². The number of hydrogen-bond acceptors (Lipinski definition) is 5. The lowest BCUT2D eigenvalue weighted by Crippen LogP contribution is -2.30. The van der Waals surface area contributed by atoms with Crippen molar-refractivity contribution in [1.82, 2.24) is 4.98 Å². The van der Waals surface area contributed by atoms with Gasteiger partial charge in [-0.15, -0.1) is 0 Å². The Kier molecular flexibility index (Phi) is 6.15. The summed E-state index contributed by atoms with van der Waals surface area (Å²) in [4.78, 5) is 31.6. The van der Waals surface area contributed by atoms with E-state index in [9.17, 15) is 23.5 Å². The first-order valence-electron chi connectivity index (χ1n) is 10.9. The van der Waals surface area contributed by atoms with Crippen molar-refractivity contribution in [3.8, 4) is 5.75 Å². The van der Waals surface area contributed by atoms with E-state index in [0.29, 0.717) is 11.3 Å². The van der Waals surface area contributed by atoms with Crippen LogP contribution in [-0.4, -0.2) is 28.9 Å². The van der Waals surface area contributed by atoms with Crippen LogP contribution in [0.1, 0.15) is 43.6 Å². The summed E-state index contributed by atoms with van der Waals surface area (Å²) in [7, 11) is 1.54. The van der Waals surface area contributed by atoms with Gasteiger partial charge < -0.3 is 9.84 Å². The Morgan fingerprint density at radius 3 is 2.37 bits per heavy atom. The van der Waals surface area contributed by atoms with E-state index in [2.05, 4.69) is 4.98 Å². The molecule has 0 radical (unpaired) electrons. The van der Waals surface area contributed by atoms with Crippen molar-refractivity contribution in [1.29, 1.82) is 0 Å². The van der Waals surface area contributed by atoms with Gasteiger partial charge in [-0.3, -0.25) is 19.5 Å². The molecule has 180 valence electrons. The number of ketones is 1. The van der Waals surface area contributed by atoms with E-state index in [-0.39, 0.29) is 22.4 Å². The summed E-state index contributed by atoms with van der Waals surface area (Å²) in [6, 6.07) is 11.6. The molecule has 1 aliphatic heterocycles. The predicted octanol–water partition coefficient (Wildman–Crippen LogP) is 5.29. The third-order valence-electron chi connectivity index (χ3n) is 5.87. The van der Waals surface area contributed by atoms with Gasteiger partial charge in [-0.2, -0.15) is 0 Å². The monoisotopic (exact) mass is 478 g/mol. The Labute approximate surface area is 201 Å². The highest BCUT2D eigenvalue weighted by molar-refractivity contribution is 6.51. The molecule has 1 saturated heterocycles. The highest BCUT2D eigenvalue weighted by Crippen LogP contribution is 2.42. The van der Waals surface area contributed by atoms with Crippen LogP contribution < -0.4 is 9.64 Å². The number of hydrogen-bond donors (Lipinski definition) is 1. The molecule has 1 N–H and O–H groups in total. The van der Waals surface area contributed by atoms with E-state index >= 15 is 0 Å². The van der Waals surface area contributed by atoms with Gasteiger partial charge in [0.25, 0.3) is 11.7 Å². The molecular weight excluding hydrogens is 454 g/mol. The van der Waals surface area contributed by atoms with E-state index < -0.39 is 35.1 Å². The van der Waals surface area contributed by atoms with Crippen LogP contribution in [0.25, 0.3) is 5.76 Å². The average Bonchev–Trinajstić information content (AvgIpc) is 3.10. The summed E-state index contributed by atoms with van der Waals surface area (Å²) in [5, 5.41) is 11.3. The maximum absolute atomic E-state index is 14.0. The van der Waals surface area contributed by atoms with Crippen molar-refractivity contribution < 1.29 is 28.2 Å². The maximum atomic E-state index is 14.0. The number of carbonyl (C=O) groups is 2. The molecule has 1 amide bonds. The second-order valence-corrected chi connectivity index (χ2v) is 9.19. The smallest absolute Gasteiger partial charge is 0.300 e. The van der Waals surface area contributed by atoms with Crippen molar-refractivity contribution in [2.75, 3.05) is 12.0 Å². The summed E-state index contributed by atoms with van der Waals surface area (Å²) in [5.41, 5.74) is 0.782. The zero-order valence-electron chi connectivity index (χ0n) is 19.7. The van der Waals surface area contributed by atoms with Crippen molar-refractivity contribution in [3.63, 3.8) is 0 Å². The lowest BCUT2D eigenvalue weighted by molar-refractivity contribution is -0.132. The molecule has 1 fully saturated rings. The summed E-state index contributed by atoms with van der Waals surface area (Å²) < 4.78 is 33.1. The van der Waals surface area contributed by atoms with Gasteiger partial charge in [-0.25, -0.2) is 8.78 Å². The third kappa shape index (κ3) is 4.27. The molecule has 1 unspecified atom stereocenters. The number of rotatable bonds is 4. The van der Waals surface area contributed by atoms with Gasteiger partial charge >= 0.3 is 0 Å². The number of carbonyl (C=O) groups excluding carboxylic acids is 2. The Bertz CT molecular complexity index is 1350. The molecular formula is C27H24F2N2O4. The summed E-state index contributed by atoms with van der Waals surface area (Å²) in [6.07, 6.45) is 1.48. The molecule has 35 heavy (non-hydrogen) atoms. The summed E-state index contributed by atoms with van der Waals surface area (Å²) in [5.74, 6) is -4.01. The van der Waals surface area contributed by atoms with Gasteiger partial charge in [0.15, 0.2) is 11.6 Å². The minimum absolute atomic E-state index is 0.0363. The fourth-order valence-corrected chi connectivity index (χ4v) is 4.15. The Morgan fingerprint density at radius 2 is 1.77 bits per heavy atom. The summed E-state index contributed by atoms with van der Waals surface area (Å²) in [6.45, 7) is 5.93. The number of amides is 1. The van der Waals surface area contributed by atoms with Crippen LogP contribution in [0.5, 0.6) is 5.75 Å². The van der Waals surface area contributed by atoms with Gasteiger partial charge in [0.1, 0.15) is 17.6 Å². The molecule has 1 aliphatic rings. The SMILES string of the molecule is COc1ccc(/C(O)=C2/C(=O)C(=O)N(c3ccc(F)c(F)c3)C2c2ccccn2)cc1C(C)(C)C. The molecule has 2 heterocycles. The predicted molar refractivity (Wildman–Crippen MR) is 127 cm³/mol. The number of ether oxygens (including phenoxy) is 1. The van der Waals surface area contributed by atoms with E-state index in [1.54, 1.807) is 43.5 Å². The number of Topliss-reactive ketones (excluding diaryl/α,β-unsaturated/α-hetero) is 1. The Morgan fingerprint density at radius 1 is 1.03 bits per heavy atom. The van der Waals surface area contributed by atoms with Gasteiger partial charge in [0, 0.05) is 29.1 Å². The molecule has 0 saturated carbocycles. The largest absolute Gasteiger partial charge is 0.507 e. The average molecular weight is 478 g/mol. The molecule has 8 heteroatoms. The normalized spacial score (nSPS) is 17.7. The first-order chi connectivity index (χ1) is 16.5. The van der Waals surface area contributed by atoms with Crippen molar-refractivity contribution in [2.24, 2.45) is 0 Å². The molecule has 4 rings (SSSR count). The van der Waals surface area contributed by atoms with Crippen LogP contribution >= 0.6 is 0 Å². The van der Waals surface area contributed by atoms with Crippen LogP contribution in [-0.2, 0) is 15.0 Å². The standard InChI is InChI=1S/C27H24F2N2O4/c1-27(2,3)17-13-15(8-11-21(17)35-4)24(32)22-23(20-7-5-6-12-30-20)31(26(34)25(22)33)16-9-10-18(28)19(29)14-16/h5-14,23,32H,1-4H3/b24-22-. The van der Waals surface area contributed by atoms with Crippen LogP contribution in [0.2, 0.25) is 0 Å². The minimum Gasteiger partial charge on any atom is -0.507 e. The fraction of sp³-hybridized carbons (Fsp3) is 0.222. The topological polar surface area (TPSA) is 79.7 Å². The lowest BCUT2D eigenvalue weighted by Gasteiger charge is -2.25. The second-order valence-electron chi connectivity index (χ2n) is 9.19. The second kappa shape index (κ2) is 8.94. The number of pyridine rings is 1. The van der Waals surface area contributed by atoms with Crippen LogP contribution in [0.4, 0.5) is 14.5 Å². The fourth-order valence-electron chi connectivity index (χ4n) is 4.15. The molecule has 1 atom stereocenters. The summed E-state index contributed by atoms with van der Waals surface area (Å²) >= 11 is 0. The number of methoxy groups -OCH3 is 1. The van der Waals surface area contributed by atoms with E-state index in [1.165, 1.54) is 12.3 Å². The number of anilines is 1. The number of aliphatic hydroxyl groups excluding tert-OH is 1. The molecule has 0 spiro atoms. The van der Waals surface area contributed by atoms with E-state index in [4.69, 9.17) is 4.74 Å². The molecule has 6 nitrogen and oxygen atoms in total. The van der Waals surface area contributed by atoms with Gasteiger partial charge in [0.2, 0.25) is 0 Å². The number of nitrogens with zero attached hydrogens (tertiary/aromatic N) is 2. The Balaban J connectivity index is 1.95. The molecule has 1 aromatic heterocycles. The van der Waals surface area contributed by atoms with Crippen LogP contribution in [0.15, 0.2) is 66.4 Å². The van der Waals surface area contributed by atoms with Crippen molar-refractivity contribution >= 4 is 23.1 Å². The molecule has 2 aromatic carbocycles. The van der Waals surface area contributed by atoms with Gasteiger partial charge in [0.05, 0.1) is 18.4 Å². The number of aromatic nitrogens is 1. The maximum Gasteiger partial charge on any atom is 0.300 e. The zero-order valence-corrected chi connectivity index (χ0v) is 19.7. The molecule has 3 aromatic rings. The zero-order chi connectivity index (χ0) is 25.5. The molecule has 0 bridgehead atoms. The quantitative estimate of drug-likeness (QED) is 0.313. The van der Waals surface area contributed by atoms with Crippen molar-refractivity contribution in [3.05, 3.63) is 94.8 Å². The van der Waals surface area contributed by atoms with E-state index in [1.807, 2.05) is 20.8 Å². The van der Waals surface area contributed by atoms with Gasteiger partial charge in [-0.1, -0.05) is 26.8 Å². The third-order valence-corrected chi connectivity index (χ3v) is 5.87. The number of aliphatic hydroxyl groups is 1.